The molecule has 0 aliphatic rings. The van der Waals surface area contributed by atoms with Gasteiger partial charge in [-0.2, -0.15) is 5.26 Å². The van der Waals surface area contributed by atoms with Crippen LogP contribution in [-0.2, 0) is 6.42 Å². The molecule has 1 N–H and O–H groups in total. The van der Waals surface area contributed by atoms with Crippen LogP contribution in [0.25, 0.3) is 0 Å². The quantitative estimate of drug-likeness (QED) is 0.853. The van der Waals surface area contributed by atoms with Gasteiger partial charge in [0.15, 0.2) is 0 Å². The van der Waals surface area contributed by atoms with Crippen molar-refractivity contribution in [1.29, 1.82) is 5.26 Å². The molecule has 0 fully saturated rings. The summed E-state index contributed by atoms with van der Waals surface area (Å²) in [6, 6.07) is 1.79. The number of aromatic nitrogens is 1. The number of halogens is 3. The van der Waals surface area contributed by atoms with Crippen molar-refractivity contribution in [2.45, 2.75) is 12.8 Å². The van der Waals surface area contributed by atoms with E-state index in [0.29, 0.717) is 3.57 Å². The largest absolute Gasteiger partial charge is 0.505 e. The summed E-state index contributed by atoms with van der Waals surface area (Å²) >= 11 is 1.83. The molecule has 0 atom stereocenters. The summed E-state index contributed by atoms with van der Waals surface area (Å²) in [5.41, 5.74) is -0.464. The van der Waals surface area contributed by atoms with E-state index in [2.05, 4.69) is 4.98 Å². The summed E-state index contributed by atoms with van der Waals surface area (Å²) in [6.07, 6.45) is -1.72. The average molecular weight is 310 g/mol. The maximum absolute atomic E-state index is 12.3. The van der Waals surface area contributed by atoms with Crippen molar-refractivity contribution in [1.82, 2.24) is 4.98 Å². The summed E-state index contributed by atoms with van der Waals surface area (Å²) in [6.45, 7) is 0. The predicted octanol–water partition coefficient (Wildman–Crippen LogP) is 2.40. The Hall–Kier alpha value is -0.970. The van der Waals surface area contributed by atoms with Crippen LogP contribution in [0.2, 0.25) is 0 Å². The number of hydrogen-bond donors (Lipinski definition) is 1. The lowest BCUT2D eigenvalue weighted by atomic mass is 10.1. The summed E-state index contributed by atoms with van der Waals surface area (Å²) < 4.78 is 25.0. The third-order valence-corrected chi connectivity index (χ3v) is 2.53. The fraction of sp³-hybridized carbons (Fsp3) is 0.250. The topological polar surface area (TPSA) is 56.9 Å². The zero-order valence-electron chi connectivity index (χ0n) is 6.84. The van der Waals surface area contributed by atoms with Gasteiger partial charge in [-0.1, -0.05) is 0 Å². The van der Waals surface area contributed by atoms with Crippen LogP contribution < -0.4 is 0 Å². The van der Waals surface area contributed by atoms with E-state index >= 15 is 0 Å². The van der Waals surface area contributed by atoms with Crippen LogP contribution in [0.4, 0.5) is 8.78 Å². The molecule has 1 aromatic rings. The van der Waals surface area contributed by atoms with E-state index < -0.39 is 17.9 Å². The molecule has 0 saturated carbocycles. The van der Waals surface area contributed by atoms with Gasteiger partial charge in [-0.3, -0.25) is 4.98 Å². The second-order valence-corrected chi connectivity index (χ2v) is 3.62. The highest BCUT2D eigenvalue weighted by Gasteiger charge is 2.19. The van der Waals surface area contributed by atoms with E-state index in [4.69, 9.17) is 5.26 Å². The minimum Gasteiger partial charge on any atom is -0.505 e. The van der Waals surface area contributed by atoms with Crippen LogP contribution in [0.1, 0.15) is 17.7 Å². The number of alkyl halides is 2. The van der Waals surface area contributed by atoms with E-state index in [1.807, 2.05) is 22.6 Å². The Balaban J connectivity index is 3.27. The summed E-state index contributed by atoms with van der Waals surface area (Å²) in [4.78, 5) is 3.40. The standard InChI is InChI=1S/C8H5F2IN2O/c9-8(10)6-7(14)4(1-2-12)5(11)3-13-6/h3,8,14H,1H2. The fourth-order valence-electron chi connectivity index (χ4n) is 0.940. The minimum atomic E-state index is -2.83. The lowest BCUT2D eigenvalue weighted by Gasteiger charge is -2.07. The molecular weight excluding hydrogens is 305 g/mol. The Kier molecular flexibility index (Phi) is 3.57. The number of hydrogen-bond acceptors (Lipinski definition) is 3. The number of aromatic hydroxyl groups is 1. The Bertz CT molecular complexity index is 390. The first-order valence-electron chi connectivity index (χ1n) is 3.59. The Morgan fingerprint density at radius 1 is 1.64 bits per heavy atom. The zero-order chi connectivity index (χ0) is 10.7. The van der Waals surface area contributed by atoms with Crippen LogP contribution in [-0.4, -0.2) is 10.1 Å². The SMILES string of the molecule is N#CCc1c(I)cnc(C(F)F)c1O. The Morgan fingerprint density at radius 3 is 2.79 bits per heavy atom. The van der Waals surface area contributed by atoms with Crippen molar-refractivity contribution in [2.24, 2.45) is 0 Å². The second kappa shape index (κ2) is 4.50. The third-order valence-electron chi connectivity index (χ3n) is 1.60. The maximum Gasteiger partial charge on any atom is 0.284 e. The van der Waals surface area contributed by atoms with E-state index in [-0.39, 0.29) is 12.0 Å². The molecule has 0 aliphatic carbocycles. The van der Waals surface area contributed by atoms with Gasteiger partial charge in [0, 0.05) is 15.3 Å². The van der Waals surface area contributed by atoms with Gasteiger partial charge in [-0.25, -0.2) is 8.78 Å². The van der Waals surface area contributed by atoms with Crippen molar-refractivity contribution >= 4 is 22.6 Å². The first-order valence-corrected chi connectivity index (χ1v) is 4.67. The van der Waals surface area contributed by atoms with Gasteiger partial charge in [0.1, 0.15) is 11.4 Å². The molecular formula is C8H5F2IN2O. The molecule has 0 unspecified atom stereocenters. The van der Waals surface area contributed by atoms with Gasteiger partial charge in [-0.05, 0) is 22.6 Å². The normalized spacial score (nSPS) is 10.2. The number of nitriles is 1. The molecule has 0 radical (unpaired) electrons. The molecule has 1 aromatic heterocycles. The van der Waals surface area contributed by atoms with Gasteiger partial charge in [0.25, 0.3) is 6.43 Å². The maximum atomic E-state index is 12.3. The van der Waals surface area contributed by atoms with E-state index in [1.165, 1.54) is 6.20 Å². The molecule has 6 heteroatoms. The monoisotopic (exact) mass is 310 g/mol. The molecule has 0 aromatic carbocycles. The Labute approximate surface area is 92.5 Å². The van der Waals surface area contributed by atoms with Gasteiger partial charge in [-0.15, -0.1) is 0 Å². The highest BCUT2D eigenvalue weighted by Crippen LogP contribution is 2.31. The second-order valence-electron chi connectivity index (χ2n) is 2.45. The number of pyridine rings is 1. The van der Waals surface area contributed by atoms with Crippen LogP contribution in [0.5, 0.6) is 5.75 Å². The molecule has 3 nitrogen and oxygen atoms in total. The molecule has 0 aliphatic heterocycles. The molecule has 1 heterocycles. The smallest absolute Gasteiger partial charge is 0.284 e. The first-order chi connectivity index (χ1) is 6.57. The van der Waals surface area contributed by atoms with Crippen LogP contribution in [0, 0.1) is 14.9 Å². The van der Waals surface area contributed by atoms with Gasteiger partial charge in [0.2, 0.25) is 0 Å². The third kappa shape index (κ3) is 2.09. The van der Waals surface area contributed by atoms with Crippen molar-refractivity contribution in [3.8, 4) is 11.8 Å². The van der Waals surface area contributed by atoms with Crippen molar-refractivity contribution in [3.05, 3.63) is 21.0 Å². The number of nitrogens with zero attached hydrogens (tertiary/aromatic N) is 2. The van der Waals surface area contributed by atoms with Crippen molar-refractivity contribution < 1.29 is 13.9 Å². The molecule has 0 spiro atoms. The van der Waals surface area contributed by atoms with Crippen LogP contribution in [0.15, 0.2) is 6.20 Å². The highest BCUT2D eigenvalue weighted by atomic mass is 127. The first kappa shape index (κ1) is 11.1. The van der Waals surface area contributed by atoms with Crippen LogP contribution in [0.3, 0.4) is 0 Å². The molecule has 0 bridgehead atoms. The summed E-state index contributed by atoms with van der Waals surface area (Å²) in [5.74, 6) is -0.576. The van der Waals surface area contributed by atoms with Gasteiger partial charge >= 0.3 is 0 Å². The molecule has 74 valence electrons. The predicted molar refractivity (Wildman–Crippen MR) is 52.9 cm³/mol. The lowest BCUT2D eigenvalue weighted by Crippen LogP contribution is -1.97. The van der Waals surface area contributed by atoms with E-state index in [9.17, 15) is 13.9 Å². The summed E-state index contributed by atoms with van der Waals surface area (Å²) in [7, 11) is 0. The molecule has 14 heavy (non-hydrogen) atoms. The molecule has 1 rings (SSSR count). The van der Waals surface area contributed by atoms with E-state index in [1.54, 1.807) is 6.07 Å². The minimum absolute atomic E-state index is 0.105. The molecule has 0 saturated heterocycles. The number of rotatable bonds is 2. The van der Waals surface area contributed by atoms with Gasteiger partial charge in [0.05, 0.1) is 12.5 Å². The van der Waals surface area contributed by atoms with E-state index in [0.717, 1.165) is 0 Å². The fourth-order valence-corrected chi connectivity index (χ4v) is 1.53. The highest BCUT2D eigenvalue weighted by molar-refractivity contribution is 14.1. The van der Waals surface area contributed by atoms with Crippen molar-refractivity contribution in [3.63, 3.8) is 0 Å². The lowest BCUT2D eigenvalue weighted by molar-refractivity contribution is 0.141. The molecule has 0 amide bonds. The zero-order valence-corrected chi connectivity index (χ0v) is 8.99. The van der Waals surface area contributed by atoms with Gasteiger partial charge < -0.3 is 5.11 Å². The average Bonchev–Trinajstić information content (AvgIpc) is 2.11. The summed E-state index contributed by atoms with van der Waals surface area (Å²) in [5, 5.41) is 17.8. The van der Waals surface area contributed by atoms with Crippen LogP contribution >= 0.6 is 22.6 Å². The Morgan fingerprint density at radius 2 is 2.29 bits per heavy atom. The van der Waals surface area contributed by atoms with Crippen molar-refractivity contribution in [2.75, 3.05) is 0 Å².